The van der Waals surface area contributed by atoms with Crippen molar-refractivity contribution >= 4 is 17.6 Å². The number of aliphatic hydroxyl groups is 2. The minimum absolute atomic E-state index is 0.0914. The van der Waals surface area contributed by atoms with E-state index in [9.17, 15) is 9.59 Å². The zero-order valence-corrected chi connectivity index (χ0v) is 12.2. The van der Waals surface area contributed by atoms with Crippen LogP contribution in [0.25, 0.3) is 0 Å². The molecule has 7 nitrogen and oxygen atoms in total. The molecule has 2 rings (SSSR count). The number of aliphatic hydroxyl groups excluding tert-OH is 2. The van der Waals surface area contributed by atoms with Crippen LogP contribution >= 0.6 is 0 Å². The Morgan fingerprint density at radius 3 is 2.82 bits per heavy atom. The highest BCUT2D eigenvalue weighted by molar-refractivity contribution is 6.08. The molecule has 0 unspecified atom stereocenters. The van der Waals surface area contributed by atoms with Crippen LogP contribution in [-0.4, -0.2) is 53.8 Å². The van der Waals surface area contributed by atoms with Crippen molar-refractivity contribution < 1.29 is 24.5 Å². The van der Waals surface area contributed by atoms with E-state index in [1.165, 1.54) is 12.0 Å². The first-order valence-corrected chi connectivity index (χ1v) is 6.79. The Labute approximate surface area is 127 Å². The molecule has 1 aliphatic rings. The van der Waals surface area contributed by atoms with E-state index >= 15 is 0 Å². The lowest BCUT2D eigenvalue weighted by Gasteiger charge is -2.15. The van der Waals surface area contributed by atoms with Gasteiger partial charge >= 0.3 is 5.97 Å². The Morgan fingerprint density at radius 1 is 1.41 bits per heavy atom. The van der Waals surface area contributed by atoms with Gasteiger partial charge in [0, 0.05) is 12.2 Å². The van der Waals surface area contributed by atoms with E-state index in [1.54, 1.807) is 24.3 Å². The normalized spacial score (nSPS) is 14.5. The Bertz CT molecular complexity index is 612. The summed E-state index contributed by atoms with van der Waals surface area (Å²) in [5, 5.41) is 21.1. The first-order chi connectivity index (χ1) is 10.6. The van der Waals surface area contributed by atoms with Crippen LogP contribution in [0.2, 0.25) is 0 Å². The highest BCUT2D eigenvalue weighted by atomic mass is 16.5. The molecule has 0 fully saturated rings. The molecule has 0 bridgehead atoms. The Kier molecular flexibility index (Phi) is 5.13. The third kappa shape index (κ3) is 3.26. The topological polar surface area (TPSA) is 99.1 Å². The fourth-order valence-corrected chi connectivity index (χ4v) is 2.24. The molecule has 0 saturated carbocycles. The van der Waals surface area contributed by atoms with Crippen LogP contribution in [0, 0.1) is 0 Å². The first-order valence-electron chi connectivity index (χ1n) is 6.79. The number of benzene rings is 1. The van der Waals surface area contributed by atoms with E-state index in [0.717, 1.165) is 0 Å². The number of hydrogen-bond donors (Lipinski definition) is 3. The van der Waals surface area contributed by atoms with Crippen molar-refractivity contribution in [2.75, 3.05) is 32.1 Å². The van der Waals surface area contributed by atoms with E-state index in [0.29, 0.717) is 11.3 Å². The number of amides is 1. The van der Waals surface area contributed by atoms with Gasteiger partial charge in [0.1, 0.15) is 5.70 Å². The van der Waals surface area contributed by atoms with Crippen molar-refractivity contribution in [3.05, 3.63) is 41.1 Å². The molecule has 1 amide bonds. The number of hydrogen-bond acceptors (Lipinski definition) is 6. The number of carbonyl (C=O) groups excluding carboxylic acids is 2. The van der Waals surface area contributed by atoms with Gasteiger partial charge in [0.25, 0.3) is 5.91 Å². The van der Waals surface area contributed by atoms with Crippen molar-refractivity contribution in [1.82, 2.24) is 4.90 Å². The van der Waals surface area contributed by atoms with Crippen molar-refractivity contribution in [2.45, 2.75) is 6.61 Å². The molecule has 0 radical (unpaired) electrons. The molecule has 1 aromatic rings. The second-order valence-corrected chi connectivity index (χ2v) is 4.78. The number of nitrogens with zero attached hydrogens (tertiary/aromatic N) is 1. The fraction of sp³-hybridized carbons (Fsp3) is 0.333. The Morgan fingerprint density at radius 2 is 2.18 bits per heavy atom. The van der Waals surface area contributed by atoms with Crippen LogP contribution in [0.15, 0.2) is 35.5 Å². The van der Waals surface area contributed by atoms with Gasteiger partial charge < -0.3 is 25.2 Å². The lowest BCUT2D eigenvalue weighted by molar-refractivity contribution is -0.136. The van der Waals surface area contributed by atoms with Crippen LogP contribution in [-0.2, 0) is 20.9 Å². The predicted molar refractivity (Wildman–Crippen MR) is 78.7 cm³/mol. The van der Waals surface area contributed by atoms with E-state index in [2.05, 4.69) is 5.32 Å². The number of carbonyl (C=O) groups is 2. The summed E-state index contributed by atoms with van der Waals surface area (Å²) in [4.78, 5) is 25.5. The molecule has 7 heteroatoms. The summed E-state index contributed by atoms with van der Waals surface area (Å²) in [7, 11) is 1.25. The number of nitrogens with one attached hydrogen (secondary N) is 1. The molecule has 22 heavy (non-hydrogen) atoms. The average molecular weight is 306 g/mol. The Hall–Kier alpha value is -2.38. The molecule has 0 aliphatic carbocycles. The van der Waals surface area contributed by atoms with Gasteiger partial charge in [0.2, 0.25) is 0 Å². The molecule has 0 aromatic heterocycles. The van der Waals surface area contributed by atoms with Crippen molar-refractivity contribution in [1.29, 1.82) is 0 Å². The standard InChI is InChI=1S/C15H18N2O5/c1-22-15(21)12-8-17(5-6-18)14(20)13(12)16-11-4-2-3-10(7-11)9-19/h2-4,7,16,18-19H,5-6,8-9H2,1H3. The maximum Gasteiger partial charge on any atom is 0.337 e. The van der Waals surface area contributed by atoms with Crippen LogP contribution in [0.1, 0.15) is 5.56 Å². The maximum absolute atomic E-state index is 12.3. The molecule has 0 saturated heterocycles. The summed E-state index contributed by atoms with van der Waals surface area (Å²) in [5.74, 6) is -0.960. The maximum atomic E-state index is 12.3. The monoisotopic (exact) mass is 306 g/mol. The molecule has 1 aliphatic heterocycles. The smallest absolute Gasteiger partial charge is 0.337 e. The summed E-state index contributed by atoms with van der Waals surface area (Å²) in [6.07, 6.45) is 0. The van der Waals surface area contributed by atoms with Gasteiger partial charge in [-0.25, -0.2) is 4.79 Å². The van der Waals surface area contributed by atoms with Gasteiger partial charge in [-0.15, -0.1) is 0 Å². The van der Waals surface area contributed by atoms with Gasteiger partial charge in [-0.1, -0.05) is 12.1 Å². The molecule has 1 aromatic carbocycles. The third-order valence-corrected chi connectivity index (χ3v) is 3.33. The number of anilines is 1. The van der Waals surface area contributed by atoms with Gasteiger partial charge in [0.05, 0.1) is 32.4 Å². The van der Waals surface area contributed by atoms with Gasteiger partial charge in [-0.05, 0) is 17.7 Å². The number of esters is 1. The van der Waals surface area contributed by atoms with Gasteiger partial charge in [0.15, 0.2) is 0 Å². The SMILES string of the molecule is COC(=O)C1=C(Nc2cccc(CO)c2)C(=O)N(CCO)C1. The minimum Gasteiger partial charge on any atom is -0.466 e. The van der Waals surface area contributed by atoms with Gasteiger partial charge in [-0.2, -0.15) is 0 Å². The second-order valence-electron chi connectivity index (χ2n) is 4.78. The zero-order chi connectivity index (χ0) is 16.1. The van der Waals surface area contributed by atoms with Crippen molar-refractivity contribution in [3.63, 3.8) is 0 Å². The third-order valence-electron chi connectivity index (χ3n) is 3.33. The molecular formula is C15H18N2O5. The van der Waals surface area contributed by atoms with Crippen LogP contribution in [0.4, 0.5) is 5.69 Å². The number of ether oxygens (including phenoxy) is 1. The summed E-state index contributed by atoms with van der Waals surface area (Å²) in [6.45, 7) is -0.0776. The van der Waals surface area contributed by atoms with E-state index in [1.807, 2.05) is 0 Å². The quantitative estimate of drug-likeness (QED) is 0.632. The van der Waals surface area contributed by atoms with Crippen molar-refractivity contribution in [2.24, 2.45) is 0 Å². The van der Waals surface area contributed by atoms with E-state index < -0.39 is 5.97 Å². The zero-order valence-electron chi connectivity index (χ0n) is 12.2. The summed E-state index contributed by atoms with van der Waals surface area (Å²) in [5.41, 5.74) is 1.62. The highest BCUT2D eigenvalue weighted by Gasteiger charge is 2.34. The lowest BCUT2D eigenvalue weighted by Crippen LogP contribution is -2.31. The molecule has 1 heterocycles. The van der Waals surface area contributed by atoms with Gasteiger partial charge in [-0.3, -0.25) is 4.79 Å². The number of rotatable bonds is 6. The minimum atomic E-state index is -0.588. The van der Waals surface area contributed by atoms with E-state index in [4.69, 9.17) is 14.9 Å². The Balaban J connectivity index is 2.30. The number of methoxy groups -OCH3 is 1. The highest BCUT2D eigenvalue weighted by Crippen LogP contribution is 2.23. The first kappa shape index (κ1) is 16.0. The van der Waals surface area contributed by atoms with E-state index in [-0.39, 0.29) is 43.5 Å². The number of β-amino-alcohol motifs (C(OH)–C–C–N with tert-alkyl or cyclic N) is 1. The molecule has 0 spiro atoms. The fourth-order valence-electron chi connectivity index (χ4n) is 2.24. The van der Waals surface area contributed by atoms with Crippen molar-refractivity contribution in [3.8, 4) is 0 Å². The summed E-state index contributed by atoms with van der Waals surface area (Å²) in [6, 6.07) is 6.89. The summed E-state index contributed by atoms with van der Waals surface area (Å²) >= 11 is 0. The largest absolute Gasteiger partial charge is 0.466 e. The van der Waals surface area contributed by atoms with Crippen LogP contribution in [0.3, 0.4) is 0 Å². The predicted octanol–water partition coefficient (Wildman–Crippen LogP) is -0.148. The van der Waals surface area contributed by atoms with Crippen LogP contribution in [0.5, 0.6) is 0 Å². The lowest BCUT2D eigenvalue weighted by atomic mass is 10.2. The molecule has 0 atom stereocenters. The molecule has 118 valence electrons. The molecular weight excluding hydrogens is 288 g/mol. The summed E-state index contributed by atoms with van der Waals surface area (Å²) < 4.78 is 4.70. The molecule has 3 N–H and O–H groups in total. The average Bonchev–Trinajstić information content (AvgIpc) is 2.84. The van der Waals surface area contributed by atoms with Crippen LogP contribution < -0.4 is 5.32 Å². The second kappa shape index (κ2) is 7.06.